The second-order valence-corrected chi connectivity index (χ2v) is 9.19. The Morgan fingerprint density at radius 2 is 1.73 bits per heavy atom. The van der Waals surface area contributed by atoms with Crippen LogP contribution in [0.4, 0.5) is 0 Å². The first-order chi connectivity index (χ1) is 15.8. The standard InChI is InChI=1S/C29H28ClNO2/c1-29(2,33)28-22(9-5-17-32)7-4-10-26(28)23-8-3-6-20(18-23)11-15-25-16-13-21-12-14-24(30)19-27(21)31-25/h3-4,6-8,10-16,18-19,32-33H,5,9,17H2,1-2H3. The first-order valence-corrected chi connectivity index (χ1v) is 11.5. The summed E-state index contributed by atoms with van der Waals surface area (Å²) in [5, 5.41) is 22.0. The first-order valence-electron chi connectivity index (χ1n) is 11.2. The topological polar surface area (TPSA) is 53.4 Å². The van der Waals surface area contributed by atoms with Gasteiger partial charge < -0.3 is 10.2 Å². The lowest BCUT2D eigenvalue weighted by molar-refractivity contribution is 0.0781. The summed E-state index contributed by atoms with van der Waals surface area (Å²) < 4.78 is 0. The van der Waals surface area contributed by atoms with Crippen molar-refractivity contribution in [1.29, 1.82) is 0 Å². The minimum atomic E-state index is -0.997. The van der Waals surface area contributed by atoms with Crippen molar-refractivity contribution in [1.82, 2.24) is 4.98 Å². The predicted octanol–water partition coefficient (Wildman–Crippen LogP) is 6.88. The Balaban J connectivity index is 1.69. The third-order valence-corrected chi connectivity index (χ3v) is 5.92. The minimum absolute atomic E-state index is 0.130. The normalized spacial score (nSPS) is 12.0. The van der Waals surface area contributed by atoms with Crippen LogP contribution in [0.2, 0.25) is 5.02 Å². The van der Waals surface area contributed by atoms with Crippen LogP contribution in [-0.4, -0.2) is 21.8 Å². The first kappa shape index (κ1) is 23.2. The predicted molar refractivity (Wildman–Crippen MR) is 138 cm³/mol. The van der Waals surface area contributed by atoms with E-state index in [0.717, 1.165) is 50.8 Å². The highest BCUT2D eigenvalue weighted by atomic mass is 35.5. The molecule has 0 amide bonds. The number of aromatic nitrogens is 1. The fourth-order valence-corrected chi connectivity index (χ4v) is 4.40. The summed E-state index contributed by atoms with van der Waals surface area (Å²) >= 11 is 6.12. The zero-order valence-corrected chi connectivity index (χ0v) is 19.7. The highest BCUT2D eigenvalue weighted by Crippen LogP contribution is 2.35. The van der Waals surface area contributed by atoms with Crippen LogP contribution in [0, 0.1) is 0 Å². The number of halogens is 1. The van der Waals surface area contributed by atoms with E-state index in [0.29, 0.717) is 11.4 Å². The molecule has 0 aliphatic heterocycles. The summed E-state index contributed by atoms with van der Waals surface area (Å²) in [7, 11) is 0. The largest absolute Gasteiger partial charge is 0.396 e. The lowest BCUT2D eigenvalue weighted by Crippen LogP contribution is -2.19. The summed E-state index contributed by atoms with van der Waals surface area (Å²) in [6.07, 6.45) is 5.43. The van der Waals surface area contributed by atoms with E-state index in [1.807, 2.05) is 80.6 Å². The smallest absolute Gasteiger partial charge is 0.0849 e. The number of aliphatic hydroxyl groups excluding tert-OH is 1. The van der Waals surface area contributed by atoms with Crippen LogP contribution in [0.25, 0.3) is 34.2 Å². The summed E-state index contributed by atoms with van der Waals surface area (Å²) in [6.45, 7) is 3.76. The highest BCUT2D eigenvalue weighted by Gasteiger charge is 2.24. The van der Waals surface area contributed by atoms with Crippen molar-refractivity contribution in [2.75, 3.05) is 6.61 Å². The van der Waals surface area contributed by atoms with Gasteiger partial charge in [0.25, 0.3) is 0 Å². The van der Waals surface area contributed by atoms with E-state index in [2.05, 4.69) is 18.2 Å². The maximum atomic E-state index is 10.9. The Morgan fingerprint density at radius 3 is 2.52 bits per heavy atom. The lowest BCUT2D eigenvalue weighted by Gasteiger charge is -2.26. The molecule has 0 aliphatic carbocycles. The number of fused-ring (bicyclic) bond motifs is 1. The second kappa shape index (κ2) is 9.88. The summed E-state index contributed by atoms with van der Waals surface area (Å²) in [5.41, 5.74) is 5.80. The quantitative estimate of drug-likeness (QED) is 0.318. The Morgan fingerprint density at radius 1 is 0.939 bits per heavy atom. The molecule has 3 nitrogen and oxygen atoms in total. The fourth-order valence-electron chi connectivity index (χ4n) is 4.23. The molecule has 4 heteroatoms. The molecule has 2 N–H and O–H groups in total. The van der Waals surface area contributed by atoms with E-state index >= 15 is 0 Å². The number of aliphatic hydroxyl groups is 2. The van der Waals surface area contributed by atoms with Gasteiger partial charge in [-0.3, -0.25) is 0 Å². The Bertz CT molecular complexity index is 1300. The monoisotopic (exact) mass is 457 g/mol. The average Bonchev–Trinajstić information content (AvgIpc) is 2.80. The number of rotatable bonds is 7. The molecule has 0 unspecified atom stereocenters. The molecule has 0 saturated heterocycles. The van der Waals surface area contributed by atoms with E-state index in [4.69, 9.17) is 16.6 Å². The molecule has 0 saturated carbocycles. The molecule has 1 heterocycles. The molecular weight excluding hydrogens is 430 g/mol. The Kier molecular flexibility index (Phi) is 6.94. The van der Waals surface area contributed by atoms with Gasteiger partial charge in [-0.15, -0.1) is 0 Å². The average molecular weight is 458 g/mol. The van der Waals surface area contributed by atoms with Crippen LogP contribution >= 0.6 is 11.6 Å². The molecule has 1 aromatic heterocycles. The summed E-state index contributed by atoms with van der Waals surface area (Å²) in [4.78, 5) is 4.69. The molecule has 0 aliphatic rings. The number of hydrogen-bond acceptors (Lipinski definition) is 3. The summed E-state index contributed by atoms with van der Waals surface area (Å²) in [6, 6.07) is 24.1. The highest BCUT2D eigenvalue weighted by molar-refractivity contribution is 6.31. The van der Waals surface area contributed by atoms with E-state index in [1.54, 1.807) is 0 Å². The Hall–Kier alpha value is -2.98. The Labute approximate surface area is 200 Å². The molecule has 33 heavy (non-hydrogen) atoms. The van der Waals surface area contributed by atoms with Gasteiger partial charge in [0.1, 0.15) is 0 Å². The molecule has 0 radical (unpaired) electrons. The zero-order valence-electron chi connectivity index (χ0n) is 18.9. The SMILES string of the molecule is CC(C)(O)c1c(CCCO)cccc1-c1cccc(C=Cc2ccc3ccc(Cl)cc3n2)c1. The maximum absolute atomic E-state index is 10.9. The van der Waals surface area contributed by atoms with Gasteiger partial charge in [0.2, 0.25) is 0 Å². The molecule has 0 fully saturated rings. The van der Waals surface area contributed by atoms with Crippen LogP contribution in [0.15, 0.2) is 72.8 Å². The van der Waals surface area contributed by atoms with Crippen molar-refractivity contribution in [2.45, 2.75) is 32.3 Å². The molecular formula is C29H28ClNO2. The molecule has 0 spiro atoms. The van der Waals surface area contributed by atoms with Crippen molar-refractivity contribution in [2.24, 2.45) is 0 Å². The van der Waals surface area contributed by atoms with Crippen molar-refractivity contribution in [3.63, 3.8) is 0 Å². The van der Waals surface area contributed by atoms with Gasteiger partial charge in [-0.2, -0.15) is 0 Å². The molecule has 3 aromatic carbocycles. The molecule has 4 aromatic rings. The number of benzene rings is 3. The van der Waals surface area contributed by atoms with Gasteiger partial charge in [0.15, 0.2) is 0 Å². The van der Waals surface area contributed by atoms with Crippen LogP contribution < -0.4 is 0 Å². The van der Waals surface area contributed by atoms with Crippen LogP contribution in [-0.2, 0) is 12.0 Å². The van der Waals surface area contributed by atoms with Crippen molar-refractivity contribution in [3.05, 3.63) is 100 Å². The van der Waals surface area contributed by atoms with Gasteiger partial charge in [-0.1, -0.05) is 66.2 Å². The van der Waals surface area contributed by atoms with Crippen LogP contribution in [0.1, 0.15) is 42.7 Å². The lowest BCUT2D eigenvalue weighted by atomic mass is 9.84. The summed E-state index contributed by atoms with van der Waals surface area (Å²) in [5.74, 6) is 0. The van der Waals surface area contributed by atoms with E-state index < -0.39 is 5.60 Å². The number of aryl methyl sites for hydroxylation is 1. The van der Waals surface area contributed by atoms with Gasteiger partial charge >= 0.3 is 0 Å². The van der Waals surface area contributed by atoms with E-state index in [9.17, 15) is 10.2 Å². The number of pyridine rings is 1. The number of hydrogen-bond donors (Lipinski definition) is 2. The molecule has 0 atom stereocenters. The van der Waals surface area contributed by atoms with Crippen LogP contribution in [0.5, 0.6) is 0 Å². The zero-order chi connectivity index (χ0) is 23.4. The third kappa shape index (κ3) is 5.51. The molecule has 4 rings (SSSR count). The number of nitrogens with zero attached hydrogens (tertiary/aromatic N) is 1. The molecule has 0 bridgehead atoms. The van der Waals surface area contributed by atoms with Crippen LogP contribution in [0.3, 0.4) is 0 Å². The van der Waals surface area contributed by atoms with E-state index in [1.165, 1.54) is 0 Å². The van der Waals surface area contributed by atoms with Gasteiger partial charge in [-0.25, -0.2) is 4.98 Å². The fraction of sp³-hybridized carbons (Fsp3) is 0.207. The van der Waals surface area contributed by atoms with Crippen molar-refractivity contribution in [3.8, 4) is 11.1 Å². The maximum Gasteiger partial charge on any atom is 0.0849 e. The van der Waals surface area contributed by atoms with Gasteiger partial charge in [0, 0.05) is 17.0 Å². The van der Waals surface area contributed by atoms with Gasteiger partial charge in [-0.05, 0) is 84.8 Å². The van der Waals surface area contributed by atoms with Gasteiger partial charge in [0.05, 0.1) is 16.8 Å². The van der Waals surface area contributed by atoms with Crippen molar-refractivity contribution >= 4 is 34.7 Å². The third-order valence-electron chi connectivity index (χ3n) is 5.69. The second-order valence-electron chi connectivity index (χ2n) is 8.76. The van der Waals surface area contributed by atoms with E-state index in [-0.39, 0.29) is 6.61 Å². The van der Waals surface area contributed by atoms with Crippen molar-refractivity contribution < 1.29 is 10.2 Å². The minimum Gasteiger partial charge on any atom is -0.396 e. The molecule has 168 valence electrons.